The van der Waals surface area contributed by atoms with Crippen LogP contribution in [0.5, 0.6) is 0 Å². The Kier molecular flexibility index (Phi) is 5.57. The van der Waals surface area contributed by atoms with Crippen LogP contribution in [0.2, 0.25) is 0 Å². The van der Waals surface area contributed by atoms with Crippen LogP contribution in [-0.2, 0) is 14.0 Å². The zero-order valence-corrected chi connectivity index (χ0v) is 10.7. The van der Waals surface area contributed by atoms with Crippen LogP contribution in [0.15, 0.2) is 0 Å². The number of hydrogen-bond acceptors (Lipinski definition) is 7. The number of carboxylic acid groups (broad SMARTS) is 1. The van der Waals surface area contributed by atoms with E-state index in [0.29, 0.717) is 0 Å². The highest BCUT2D eigenvalue weighted by Gasteiger charge is 2.50. The van der Waals surface area contributed by atoms with E-state index in [1.807, 2.05) is 0 Å². The van der Waals surface area contributed by atoms with Crippen molar-refractivity contribution in [2.75, 3.05) is 6.61 Å². The monoisotopic (exact) mass is 291 g/mol. The average Bonchev–Trinajstić information content (AvgIpc) is 2.38. The zero-order chi connectivity index (χ0) is 15.4. The van der Waals surface area contributed by atoms with Gasteiger partial charge in [0.1, 0.15) is 12.1 Å². The van der Waals surface area contributed by atoms with Gasteiger partial charge >= 0.3 is 11.9 Å². The molecule has 0 saturated carbocycles. The predicted molar refractivity (Wildman–Crippen MR) is 61.1 cm³/mol. The van der Waals surface area contributed by atoms with E-state index in [1.54, 1.807) is 0 Å². The van der Waals surface area contributed by atoms with Gasteiger partial charge in [0.05, 0.1) is 19.1 Å². The lowest BCUT2D eigenvalue weighted by molar-refractivity contribution is -0.535. The molecule has 0 aromatic rings. The van der Waals surface area contributed by atoms with Crippen LogP contribution in [-0.4, -0.2) is 75.2 Å². The standard InChI is InChI=1S/C11H17NO8/c1-4(14)12-8-5(15)2-7(11(18)19)20-10(8)9(17)6(16)3-13/h5-6,8-10,13,15-17H,2-3H2,1H3,(H-,12,14,18,19)/t5-,6+,8+,9+,10+/m0/s1. The molecule has 9 nitrogen and oxygen atoms in total. The zero-order valence-electron chi connectivity index (χ0n) is 10.7. The molecule has 0 bridgehead atoms. The number of aliphatic carboxylic acids is 1. The maximum atomic E-state index is 11.1. The summed E-state index contributed by atoms with van der Waals surface area (Å²) in [5.74, 6) is -2.81. The van der Waals surface area contributed by atoms with Gasteiger partial charge in [0.15, 0.2) is 12.1 Å². The van der Waals surface area contributed by atoms with E-state index < -0.39 is 61.1 Å². The molecule has 5 N–H and O–H groups in total. The lowest BCUT2D eigenvalue weighted by Gasteiger charge is -2.29. The summed E-state index contributed by atoms with van der Waals surface area (Å²) in [5, 5.41) is 50.9. The molecular formula is C11H17NO8. The van der Waals surface area contributed by atoms with Gasteiger partial charge in [-0.05, 0) is 0 Å². The van der Waals surface area contributed by atoms with Gasteiger partial charge in [-0.25, -0.2) is 4.42 Å². The van der Waals surface area contributed by atoms with Crippen LogP contribution < -0.4 is 10.4 Å². The number of nitrogens with one attached hydrogen (secondary N) is 1. The third-order valence-corrected chi connectivity index (χ3v) is 2.96. The van der Waals surface area contributed by atoms with Crippen molar-refractivity contribution in [3.63, 3.8) is 0 Å². The Morgan fingerprint density at radius 1 is 1.50 bits per heavy atom. The molecule has 20 heavy (non-hydrogen) atoms. The highest BCUT2D eigenvalue weighted by atomic mass is 16.5. The van der Waals surface area contributed by atoms with Gasteiger partial charge in [-0.3, -0.25) is 4.79 Å². The van der Waals surface area contributed by atoms with E-state index in [0.717, 1.165) is 6.92 Å². The highest BCUT2D eigenvalue weighted by Crippen LogP contribution is 2.17. The smallest absolute Gasteiger partial charge is 0.345 e. The predicted octanol–water partition coefficient (Wildman–Crippen LogP) is -4.81. The number of aliphatic hydroxyl groups excluding tert-OH is 4. The summed E-state index contributed by atoms with van der Waals surface area (Å²) < 4.78 is 4.98. The fraction of sp³-hybridized carbons (Fsp3) is 0.727. The van der Waals surface area contributed by atoms with Gasteiger partial charge in [-0.1, -0.05) is 0 Å². The number of aliphatic hydroxyl groups is 4. The van der Waals surface area contributed by atoms with Crippen LogP contribution >= 0.6 is 0 Å². The summed E-state index contributed by atoms with van der Waals surface area (Å²) in [5.41, 5.74) is 0. The molecule has 0 radical (unpaired) electrons. The molecule has 1 aliphatic rings. The molecule has 9 heteroatoms. The average molecular weight is 291 g/mol. The fourth-order valence-electron chi connectivity index (χ4n) is 1.98. The second-order valence-corrected chi connectivity index (χ2v) is 4.53. The number of amides is 1. The normalized spacial score (nSPS) is 29.2. The lowest BCUT2D eigenvalue weighted by atomic mass is 9.92. The summed E-state index contributed by atoms with van der Waals surface area (Å²) in [6.45, 7) is 0.362. The van der Waals surface area contributed by atoms with Crippen molar-refractivity contribution in [3.8, 4) is 0 Å². The van der Waals surface area contributed by atoms with Crippen LogP contribution in [0.1, 0.15) is 13.3 Å². The van der Waals surface area contributed by atoms with E-state index in [-0.39, 0.29) is 0 Å². The molecular weight excluding hydrogens is 274 g/mol. The van der Waals surface area contributed by atoms with E-state index in [2.05, 4.69) is 5.32 Å². The minimum atomic E-state index is -1.71. The fourth-order valence-corrected chi connectivity index (χ4v) is 1.98. The number of rotatable bonds is 5. The van der Waals surface area contributed by atoms with Gasteiger partial charge in [-0.2, -0.15) is 0 Å². The van der Waals surface area contributed by atoms with Crippen molar-refractivity contribution >= 4 is 17.7 Å². The third kappa shape index (κ3) is 3.73. The highest BCUT2D eigenvalue weighted by molar-refractivity contribution is 6.32. The third-order valence-electron chi connectivity index (χ3n) is 2.96. The molecule has 0 spiro atoms. The molecule has 0 saturated heterocycles. The number of carbonyl (C=O) groups excluding carboxylic acids is 3. The van der Waals surface area contributed by atoms with Gasteiger partial charge in [0.25, 0.3) is 0 Å². The minimum absolute atomic E-state index is 0.411. The Bertz CT molecular complexity index is 409. The van der Waals surface area contributed by atoms with Crippen molar-refractivity contribution in [1.29, 1.82) is 0 Å². The second-order valence-electron chi connectivity index (χ2n) is 4.53. The lowest BCUT2D eigenvalue weighted by Crippen LogP contribution is -2.61. The molecule has 1 heterocycles. The summed E-state index contributed by atoms with van der Waals surface area (Å²) in [4.78, 5) is 21.8. The summed E-state index contributed by atoms with van der Waals surface area (Å²) >= 11 is 0. The largest absolute Gasteiger partial charge is 0.538 e. The van der Waals surface area contributed by atoms with Crippen molar-refractivity contribution < 1.29 is 39.5 Å². The van der Waals surface area contributed by atoms with Crippen molar-refractivity contribution in [1.82, 2.24) is 5.32 Å². The van der Waals surface area contributed by atoms with Crippen LogP contribution in [0.4, 0.5) is 0 Å². The number of carboxylic acids is 1. The molecule has 5 atom stereocenters. The summed E-state index contributed by atoms with van der Waals surface area (Å²) in [6.07, 6.45) is -6.51. The molecule has 1 aliphatic heterocycles. The van der Waals surface area contributed by atoms with Gasteiger partial charge in [0, 0.05) is 6.92 Å². The van der Waals surface area contributed by atoms with E-state index >= 15 is 0 Å². The van der Waals surface area contributed by atoms with Crippen molar-refractivity contribution in [3.05, 3.63) is 0 Å². The second kappa shape index (κ2) is 6.75. The molecule has 1 rings (SSSR count). The van der Waals surface area contributed by atoms with Crippen LogP contribution in [0, 0.1) is 0 Å². The Morgan fingerprint density at radius 3 is 2.55 bits per heavy atom. The first kappa shape index (κ1) is 16.5. The Hall–Kier alpha value is -1.55. The number of ketones is 1. The van der Waals surface area contributed by atoms with Crippen molar-refractivity contribution in [2.45, 2.75) is 43.8 Å². The maximum absolute atomic E-state index is 11.1. The molecule has 1 amide bonds. The molecule has 114 valence electrons. The van der Waals surface area contributed by atoms with Crippen molar-refractivity contribution in [2.24, 2.45) is 0 Å². The van der Waals surface area contributed by atoms with E-state index in [4.69, 9.17) is 9.53 Å². The topological polar surface area (TPSA) is 161 Å². The summed E-state index contributed by atoms with van der Waals surface area (Å²) in [6, 6.07) is -1.13. The first-order valence-corrected chi connectivity index (χ1v) is 5.94. The van der Waals surface area contributed by atoms with E-state index in [9.17, 15) is 30.0 Å². The minimum Gasteiger partial charge on any atom is -0.538 e. The quantitative estimate of drug-likeness (QED) is 0.251. The summed E-state index contributed by atoms with van der Waals surface area (Å²) in [7, 11) is 0. The van der Waals surface area contributed by atoms with Crippen LogP contribution in [0.25, 0.3) is 0 Å². The van der Waals surface area contributed by atoms with Gasteiger partial charge in [-0.15, -0.1) is 0 Å². The van der Waals surface area contributed by atoms with Gasteiger partial charge in [0.2, 0.25) is 5.91 Å². The Labute approximate surface area is 114 Å². The molecule has 0 fully saturated rings. The Balaban J connectivity index is 3.08. The first-order valence-electron chi connectivity index (χ1n) is 5.94. The number of hydrogen-bond donors (Lipinski definition) is 5. The first-order chi connectivity index (χ1) is 9.27. The Morgan fingerprint density at radius 2 is 2.10 bits per heavy atom. The molecule has 0 unspecified atom stereocenters. The maximum Gasteiger partial charge on any atom is 0.345 e. The number of carbonyl (C=O) groups is 2. The molecule has 0 aliphatic carbocycles. The molecule has 0 aromatic carbocycles. The van der Waals surface area contributed by atoms with Crippen LogP contribution in [0.3, 0.4) is 0 Å². The van der Waals surface area contributed by atoms with Gasteiger partial charge < -0.3 is 35.6 Å². The SMILES string of the molecule is CC(=O)N[C@H]1[C@H]([C@H](O)[C@H](O)CO)[O+]=C(C(=O)[O-])C[C@@H]1O. The van der Waals surface area contributed by atoms with E-state index in [1.165, 1.54) is 0 Å². The molecule has 0 aromatic heterocycles.